The Hall–Kier alpha value is -1.24. The number of nitrogens with one attached hydrogen (secondary N) is 1. The van der Waals surface area contributed by atoms with Crippen molar-refractivity contribution in [2.45, 2.75) is 25.4 Å². The van der Waals surface area contributed by atoms with E-state index in [9.17, 15) is 5.11 Å². The average molecular weight is 253 g/mol. The van der Waals surface area contributed by atoms with Crippen molar-refractivity contribution in [2.75, 3.05) is 17.7 Å². The molecule has 0 bridgehead atoms. The van der Waals surface area contributed by atoms with Crippen molar-refractivity contribution in [3.63, 3.8) is 0 Å². The van der Waals surface area contributed by atoms with Gasteiger partial charge in [0.05, 0.1) is 23.5 Å². The maximum atomic E-state index is 9.35. The molecule has 0 saturated heterocycles. The van der Waals surface area contributed by atoms with Crippen LogP contribution in [0.4, 0.5) is 5.69 Å². The van der Waals surface area contributed by atoms with Crippen molar-refractivity contribution in [2.24, 2.45) is 0 Å². The van der Waals surface area contributed by atoms with Gasteiger partial charge in [0.2, 0.25) is 0 Å². The SMILES string of the molecule is CC(C)(C#N)c1cccc(NCC(O)CCl)c1. The summed E-state index contributed by atoms with van der Waals surface area (Å²) >= 11 is 5.51. The predicted octanol–water partition coefficient (Wildman–Crippen LogP) is 2.50. The third kappa shape index (κ3) is 3.92. The Bertz CT molecular complexity index is 412. The van der Waals surface area contributed by atoms with Crippen molar-refractivity contribution >= 4 is 17.3 Å². The van der Waals surface area contributed by atoms with Crippen molar-refractivity contribution in [1.82, 2.24) is 0 Å². The fourth-order valence-corrected chi connectivity index (χ4v) is 1.48. The van der Waals surface area contributed by atoms with Gasteiger partial charge in [0.1, 0.15) is 0 Å². The Labute approximate surface area is 107 Å². The quantitative estimate of drug-likeness (QED) is 0.792. The highest BCUT2D eigenvalue weighted by Gasteiger charge is 2.19. The van der Waals surface area contributed by atoms with Gasteiger partial charge in [-0.25, -0.2) is 0 Å². The average Bonchev–Trinajstić information content (AvgIpc) is 2.36. The molecule has 1 aromatic carbocycles. The lowest BCUT2D eigenvalue weighted by Gasteiger charge is -2.17. The Morgan fingerprint density at radius 2 is 2.24 bits per heavy atom. The zero-order chi connectivity index (χ0) is 12.9. The van der Waals surface area contributed by atoms with Gasteiger partial charge in [-0.1, -0.05) is 12.1 Å². The lowest BCUT2D eigenvalue weighted by Crippen LogP contribution is -2.21. The lowest BCUT2D eigenvalue weighted by molar-refractivity contribution is 0.211. The van der Waals surface area contributed by atoms with E-state index in [-0.39, 0.29) is 5.88 Å². The van der Waals surface area contributed by atoms with Gasteiger partial charge in [0.15, 0.2) is 0 Å². The van der Waals surface area contributed by atoms with Gasteiger partial charge in [-0.05, 0) is 31.5 Å². The highest BCUT2D eigenvalue weighted by Crippen LogP contribution is 2.24. The van der Waals surface area contributed by atoms with Gasteiger partial charge in [-0.15, -0.1) is 11.6 Å². The topological polar surface area (TPSA) is 56.0 Å². The van der Waals surface area contributed by atoms with E-state index in [0.717, 1.165) is 11.3 Å². The van der Waals surface area contributed by atoms with Gasteiger partial charge >= 0.3 is 0 Å². The van der Waals surface area contributed by atoms with E-state index in [2.05, 4.69) is 11.4 Å². The van der Waals surface area contributed by atoms with E-state index in [4.69, 9.17) is 16.9 Å². The molecule has 1 atom stereocenters. The number of alkyl halides is 1. The van der Waals surface area contributed by atoms with Crippen molar-refractivity contribution in [3.8, 4) is 6.07 Å². The minimum absolute atomic E-state index is 0.205. The van der Waals surface area contributed by atoms with Crippen molar-refractivity contribution < 1.29 is 5.11 Å². The lowest BCUT2D eigenvalue weighted by atomic mass is 9.86. The largest absolute Gasteiger partial charge is 0.390 e. The minimum Gasteiger partial charge on any atom is -0.390 e. The molecule has 0 fully saturated rings. The van der Waals surface area contributed by atoms with E-state index in [1.54, 1.807) is 0 Å². The molecular formula is C13H17ClN2O. The van der Waals surface area contributed by atoms with Crippen LogP contribution in [0.1, 0.15) is 19.4 Å². The minimum atomic E-state index is -0.565. The van der Waals surface area contributed by atoms with Crippen LogP contribution in [0.3, 0.4) is 0 Å². The summed E-state index contributed by atoms with van der Waals surface area (Å²) in [5, 5.41) is 21.5. The number of halogens is 1. The molecule has 3 nitrogen and oxygen atoms in total. The van der Waals surface area contributed by atoms with E-state index >= 15 is 0 Å². The number of anilines is 1. The van der Waals surface area contributed by atoms with E-state index in [1.807, 2.05) is 38.1 Å². The molecule has 0 spiro atoms. The number of aliphatic hydroxyl groups is 1. The smallest absolute Gasteiger partial charge is 0.0847 e. The first-order valence-corrected chi connectivity index (χ1v) is 6.03. The van der Waals surface area contributed by atoms with Crippen LogP contribution in [-0.4, -0.2) is 23.6 Å². The zero-order valence-corrected chi connectivity index (χ0v) is 10.8. The number of aliphatic hydroxyl groups excluding tert-OH is 1. The summed E-state index contributed by atoms with van der Waals surface area (Å²) in [7, 11) is 0. The van der Waals surface area contributed by atoms with E-state index in [0.29, 0.717) is 6.54 Å². The van der Waals surface area contributed by atoms with Crippen LogP contribution in [0, 0.1) is 11.3 Å². The zero-order valence-electron chi connectivity index (χ0n) is 10.1. The fourth-order valence-electron chi connectivity index (χ4n) is 1.37. The first-order valence-electron chi connectivity index (χ1n) is 5.49. The molecule has 0 aromatic heterocycles. The Morgan fingerprint density at radius 1 is 1.53 bits per heavy atom. The molecule has 92 valence electrons. The number of benzene rings is 1. The molecule has 2 N–H and O–H groups in total. The van der Waals surface area contributed by atoms with Crippen molar-refractivity contribution in [3.05, 3.63) is 29.8 Å². The summed E-state index contributed by atoms with van der Waals surface area (Å²) < 4.78 is 0. The van der Waals surface area contributed by atoms with Crippen LogP contribution >= 0.6 is 11.6 Å². The summed E-state index contributed by atoms with van der Waals surface area (Å²) in [5.41, 5.74) is 1.32. The molecule has 0 amide bonds. The third-order valence-corrected chi connectivity index (χ3v) is 2.94. The van der Waals surface area contributed by atoms with E-state index < -0.39 is 11.5 Å². The molecular weight excluding hydrogens is 236 g/mol. The van der Waals surface area contributed by atoms with Crippen molar-refractivity contribution in [1.29, 1.82) is 5.26 Å². The van der Waals surface area contributed by atoms with Gasteiger partial charge in [0, 0.05) is 12.2 Å². The first-order chi connectivity index (χ1) is 7.99. The van der Waals surface area contributed by atoms with Crippen LogP contribution in [0.15, 0.2) is 24.3 Å². The summed E-state index contributed by atoms with van der Waals surface area (Å²) in [4.78, 5) is 0. The maximum absolute atomic E-state index is 9.35. The van der Waals surface area contributed by atoms with E-state index in [1.165, 1.54) is 0 Å². The number of hydrogen-bond donors (Lipinski definition) is 2. The normalized spacial score (nSPS) is 12.9. The number of rotatable bonds is 5. The molecule has 4 heteroatoms. The molecule has 17 heavy (non-hydrogen) atoms. The highest BCUT2D eigenvalue weighted by atomic mass is 35.5. The Kier molecular flexibility index (Phi) is 4.80. The highest BCUT2D eigenvalue weighted by molar-refractivity contribution is 6.18. The fraction of sp³-hybridized carbons (Fsp3) is 0.462. The van der Waals surface area contributed by atoms with Crippen LogP contribution in [0.2, 0.25) is 0 Å². The van der Waals surface area contributed by atoms with Crippen LogP contribution in [0.25, 0.3) is 0 Å². The molecule has 1 unspecified atom stereocenters. The van der Waals surface area contributed by atoms with Crippen LogP contribution in [-0.2, 0) is 5.41 Å². The molecule has 0 radical (unpaired) electrons. The molecule has 0 aliphatic heterocycles. The number of nitrogens with zero attached hydrogens (tertiary/aromatic N) is 1. The predicted molar refractivity (Wildman–Crippen MR) is 70.3 cm³/mol. The molecule has 1 aromatic rings. The molecule has 1 rings (SSSR count). The summed E-state index contributed by atoms with van der Waals surface area (Å²) in [5.74, 6) is 0.205. The number of nitriles is 1. The molecule has 0 aliphatic rings. The third-order valence-electron chi connectivity index (χ3n) is 2.58. The van der Waals surface area contributed by atoms with Gasteiger partial charge in [-0.3, -0.25) is 0 Å². The van der Waals surface area contributed by atoms with Crippen LogP contribution in [0.5, 0.6) is 0 Å². The maximum Gasteiger partial charge on any atom is 0.0847 e. The standard InChI is InChI=1S/C13H17ClN2O/c1-13(2,9-15)10-4-3-5-11(6-10)16-8-12(17)7-14/h3-6,12,16-17H,7-8H2,1-2H3. The second kappa shape index (κ2) is 5.90. The van der Waals surface area contributed by atoms with Gasteiger partial charge < -0.3 is 10.4 Å². The second-order valence-electron chi connectivity index (χ2n) is 4.51. The summed E-state index contributed by atoms with van der Waals surface area (Å²) in [6, 6.07) is 9.90. The van der Waals surface area contributed by atoms with Gasteiger partial charge in [0.25, 0.3) is 0 Å². The Morgan fingerprint density at radius 3 is 2.82 bits per heavy atom. The second-order valence-corrected chi connectivity index (χ2v) is 4.82. The molecule has 0 heterocycles. The number of hydrogen-bond acceptors (Lipinski definition) is 3. The monoisotopic (exact) mass is 252 g/mol. The first kappa shape index (κ1) is 13.8. The summed E-state index contributed by atoms with van der Waals surface area (Å²) in [6.45, 7) is 4.15. The Balaban J connectivity index is 2.77. The molecule has 0 aliphatic carbocycles. The summed E-state index contributed by atoms with van der Waals surface area (Å²) in [6.07, 6.45) is -0.565. The van der Waals surface area contributed by atoms with Crippen LogP contribution < -0.4 is 5.32 Å². The van der Waals surface area contributed by atoms with Gasteiger partial charge in [-0.2, -0.15) is 5.26 Å². The molecule has 0 saturated carbocycles.